The van der Waals surface area contributed by atoms with Crippen LogP contribution < -0.4 is 5.32 Å². The van der Waals surface area contributed by atoms with Gasteiger partial charge in [-0.1, -0.05) is 6.08 Å². The molecular formula is C14H22F3N3O3. The summed E-state index contributed by atoms with van der Waals surface area (Å²) in [5.74, 6) is -1.82. The highest BCUT2D eigenvalue weighted by molar-refractivity contribution is 5.83. The minimum Gasteiger partial charge on any atom is -0.480 e. The van der Waals surface area contributed by atoms with Gasteiger partial charge in [0.25, 0.3) is 0 Å². The number of carbonyl (C=O) groups is 2. The maximum Gasteiger partial charge on any atom is 0.405 e. The molecule has 6 nitrogen and oxygen atoms in total. The quantitative estimate of drug-likeness (QED) is 0.698. The van der Waals surface area contributed by atoms with Gasteiger partial charge in [-0.25, -0.2) is 0 Å². The molecule has 0 unspecified atom stereocenters. The zero-order valence-electron chi connectivity index (χ0n) is 13.2. The lowest BCUT2D eigenvalue weighted by molar-refractivity contribution is -0.154. The molecule has 1 aliphatic rings. The molecule has 0 aromatic heterocycles. The summed E-state index contributed by atoms with van der Waals surface area (Å²) in [7, 11) is 0. The monoisotopic (exact) mass is 337 g/mol. The molecule has 9 heteroatoms. The number of hydrogen-bond donors (Lipinski definition) is 2. The Balaban J connectivity index is 2.86. The Hall–Kier alpha value is -1.61. The Bertz CT molecular complexity index is 466. The van der Waals surface area contributed by atoms with Gasteiger partial charge in [0, 0.05) is 26.2 Å². The topological polar surface area (TPSA) is 72.9 Å². The number of carboxylic acid groups (broad SMARTS) is 1. The molecule has 0 saturated carbocycles. The average molecular weight is 337 g/mol. The lowest BCUT2D eigenvalue weighted by Gasteiger charge is -2.45. The molecule has 0 aromatic rings. The van der Waals surface area contributed by atoms with Crippen molar-refractivity contribution < 1.29 is 27.9 Å². The van der Waals surface area contributed by atoms with Gasteiger partial charge in [-0.05, 0) is 13.8 Å². The number of aliphatic carboxylic acids is 1. The van der Waals surface area contributed by atoms with E-state index >= 15 is 0 Å². The summed E-state index contributed by atoms with van der Waals surface area (Å²) in [6.45, 7) is 6.31. The predicted molar refractivity (Wildman–Crippen MR) is 77.9 cm³/mol. The summed E-state index contributed by atoms with van der Waals surface area (Å²) in [6, 6.07) is -0.859. The van der Waals surface area contributed by atoms with Gasteiger partial charge in [0.05, 0.1) is 0 Å². The molecule has 1 amide bonds. The van der Waals surface area contributed by atoms with E-state index in [1.807, 2.05) is 5.32 Å². The molecule has 0 spiro atoms. The second kappa shape index (κ2) is 7.31. The maximum atomic E-state index is 12.3. The van der Waals surface area contributed by atoms with Crippen LogP contribution in [-0.4, -0.2) is 77.3 Å². The van der Waals surface area contributed by atoms with Crippen LogP contribution in [0.2, 0.25) is 0 Å². The van der Waals surface area contributed by atoms with Gasteiger partial charge >= 0.3 is 12.1 Å². The molecule has 1 aliphatic heterocycles. The van der Waals surface area contributed by atoms with Crippen LogP contribution in [-0.2, 0) is 9.59 Å². The maximum absolute atomic E-state index is 12.3. The minimum absolute atomic E-state index is 0.0385. The molecular weight excluding hydrogens is 315 g/mol. The first-order valence-electron chi connectivity index (χ1n) is 7.17. The zero-order chi connectivity index (χ0) is 17.8. The number of halogens is 3. The third-order valence-electron chi connectivity index (χ3n) is 3.93. The van der Waals surface area contributed by atoms with Crippen molar-refractivity contribution in [2.24, 2.45) is 0 Å². The number of carbonyl (C=O) groups excluding carboxylic acids is 1. The highest BCUT2D eigenvalue weighted by Crippen LogP contribution is 2.21. The lowest BCUT2D eigenvalue weighted by Crippen LogP contribution is -2.64. The highest BCUT2D eigenvalue weighted by Gasteiger charge is 2.42. The van der Waals surface area contributed by atoms with E-state index in [9.17, 15) is 27.9 Å². The number of nitrogens with one attached hydrogen (secondary N) is 1. The van der Waals surface area contributed by atoms with Gasteiger partial charge in [0.15, 0.2) is 0 Å². The summed E-state index contributed by atoms with van der Waals surface area (Å²) >= 11 is 0. The standard InChI is InChI=1S/C14H22F3N3O3/c1-4-5-19-6-7-20(13(2,3)12(22)23)8-10(19)11(21)18-9-14(15,16)17/h4,10H,1,5-9H2,2-3H3,(H,18,21)(H,22,23)/t10-/m0/s1. The second-order valence-electron chi connectivity index (χ2n) is 5.94. The number of carboxylic acids is 1. The van der Waals surface area contributed by atoms with E-state index < -0.39 is 36.2 Å². The molecule has 1 fully saturated rings. The fourth-order valence-corrected chi connectivity index (χ4v) is 2.40. The Morgan fingerprint density at radius 2 is 1.96 bits per heavy atom. The van der Waals surface area contributed by atoms with Crippen molar-refractivity contribution in [2.75, 3.05) is 32.7 Å². The van der Waals surface area contributed by atoms with Crippen molar-refractivity contribution in [1.29, 1.82) is 0 Å². The van der Waals surface area contributed by atoms with Crippen LogP contribution in [0.15, 0.2) is 12.7 Å². The summed E-state index contributed by atoms with van der Waals surface area (Å²) in [4.78, 5) is 26.7. The molecule has 2 N–H and O–H groups in total. The molecule has 0 bridgehead atoms. The van der Waals surface area contributed by atoms with E-state index in [1.165, 1.54) is 13.8 Å². The molecule has 0 aromatic carbocycles. The van der Waals surface area contributed by atoms with Crippen LogP contribution in [0.5, 0.6) is 0 Å². The van der Waals surface area contributed by atoms with Crippen LogP contribution in [0, 0.1) is 0 Å². The molecule has 1 heterocycles. The van der Waals surface area contributed by atoms with E-state index in [1.54, 1.807) is 15.9 Å². The number of hydrogen-bond acceptors (Lipinski definition) is 4. The van der Waals surface area contributed by atoms with Gasteiger partial charge in [0.2, 0.25) is 5.91 Å². The number of alkyl halides is 3. The van der Waals surface area contributed by atoms with Crippen molar-refractivity contribution in [2.45, 2.75) is 31.6 Å². The first-order valence-corrected chi connectivity index (χ1v) is 7.17. The number of rotatable bonds is 6. The zero-order valence-corrected chi connectivity index (χ0v) is 13.2. The molecule has 1 saturated heterocycles. The Kier molecular flexibility index (Phi) is 6.18. The first kappa shape index (κ1) is 19.4. The lowest BCUT2D eigenvalue weighted by atomic mass is 9.99. The summed E-state index contributed by atoms with van der Waals surface area (Å²) < 4.78 is 36.8. The highest BCUT2D eigenvalue weighted by atomic mass is 19.4. The predicted octanol–water partition coefficient (Wildman–Crippen LogP) is 0.700. The van der Waals surface area contributed by atoms with Crippen molar-refractivity contribution in [3.05, 3.63) is 12.7 Å². The Morgan fingerprint density at radius 1 is 1.35 bits per heavy atom. The Labute approximate surface area is 132 Å². The molecule has 132 valence electrons. The molecule has 23 heavy (non-hydrogen) atoms. The summed E-state index contributed by atoms with van der Waals surface area (Å²) in [5, 5.41) is 11.1. The van der Waals surface area contributed by atoms with Crippen LogP contribution in [0.4, 0.5) is 13.2 Å². The number of piperazine rings is 1. The van der Waals surface area contributed by atoms with Crippen molar-refractivity contribution in [3.63, 3.8) is 0 Å². The largest absolute Gasteiger partial charge is 0.480 e. The third kappa shape index (κ3) is 5.21. The van der Waals surface area contributed by atoms with Gasteiger partial charge in [-0.3, -0.25) is 19.4 Å². The van der Waals surface area contributed by atoms with E-state index in [0.29, 0.717) is 19.6 Å². The SMILES string of the molecule is C=CCN1CCN(C(C)(C)C(=O)O)C[C@H]1C(=O)NCC(F)(F)F. The Morgan fingerprint density at radius 3 is 2.43 bits per heavy atom. The molecule has 0 aliphatic carbocycles. The average Bonchev–Trinajstić information content (AvgIpc) is 2.44. The van der Waals surface area contributed by atoms with Gasteiger partial charge in [0.1, 0.15) is 18.1 Å². The van der Waals surface area contributed by atoms with Crippen LogP contribution in [0.1, 0.15) is 13.8 Å². The fourth-order valence-electron chi connectivity index (χ4n) is 2.40. The van der Waals surface area contributed by atoms with Crippen LogP contribution >= 0.6 is 0 Å². The van der Waals surface area contributed by atoms with Crippen LogP contribution in [0.3, 0.4) is 0 Å². The van der Waals surface area contributed by atoms with Gasteiger partial charge in [-0.15, -0.1) is 6.58 Å². The van der Waals surface area contributed by atoms with Crippen molar-refractivity contribution in [1.82, 2.24) is 15.1 Å². The summed E-state index contributed by atoms with van der Waals surface area (Å²) in [5.41, 5.74) is -1.21. The summed E-state index contributed by atoms with van der Waals surface area (Å²) in [6.07, 6.45) is -2.93. The third-order valence-corrected chi connectivity index (χ3v) is 3.93. The fraction of sp³-hybridized carbons (Fsp3) is 0.714. The smallest absolute Gasteiger partial charge is 0.405 e. The molecule has 1 atom stereocenters. The normalized spacial score (nSPS) is 21.0. The van der Waals surface area contributed by atoms with Gasteiger partial charge < -0.3 is 10.4 Å². The molecule has 1 rings (SSSR count). The van der Waals surface area contributed by atoms with E-state index in [4.69, 9.17) is 0 Å². The van der Waals surface area contributed by atoms with Crippen LogP contribution in [0.25, 0.3) is 0 Å². The van der Waals surface area contributed by atoms with Crippen molar-refractivity contribution >= 4 is 11.9 Å². The van der Waals surface area contributed by atoms with E-state index in [0.717, 1.165) is 0 Å². The van der Waals surface area contributed by atoms with E-state index in [2.05, 4.69) is 6.58 Å². The first-order chi connectivity index (χ1) is 10.5. The van der Waals surface area contributed by atoms with Gasteiger partial charge in [-0.2, -0.15) is 13.2 Å². The second-order valence-corrected chi connectivity index (χ2v) is 5.94. The number of amides is 1. The van der Waals surface area contributed by atoms with Crippen molar-refractivity contribution in [3.8, 4) is 0 Å². The minimum atomic E-state index is -4.49. The number of nitrogens with zero attached hydrogens (tertiary/aromatic N) is 2. The molecule has 0 radical (unpaired) electrons. The van der Waals surface area contributed by atoms with E-state index in [-0.39, 0.29) is 6.54 Å².